The molecule has 0 unspecified atom stereocenters. The number of carbonyl (C=O) groups excluding carboxylic acids is 1. The zero-order valence-corrected chi connectivity index (χ0v) is 19.0. The normalized spacial score (nSPS) is 15.7. The van der Waals surface area contributed by atoms with Crippen molar-refractivity contribution in [1.29, 1.82) is 0 Å². The average Bonchev–Trinajstić information content (AvgIpc) is 3.33. The largest absolute Gasteiger partial charge is 0.439 e. The van der Waals surface area contributed by atoms with Crippen LogP contribution in [0.25, 0.3) is 0 Å². The molecule has 1 aromatic heterocycles. The lowest BCUT2D eigenvalue weighted by Crippen LogP contribution is -2.31. The van der Waals surface area contributed by atoms with E-state index >= 15 is 0 Å². The van der Waals surface area contributed by atoms with Crippen molar-refractivity contribution < 1.29 is 22.7 Å². The fraction of sp³-hybridized carbons (Fsp3) is 0.250. The smallest absolute Gasteiger partial charge is 0.261 e. The number of pyridine rings is 1. The summed E-state index contributed by atoms with van der Waals surface area (Å²) in [6.07, 6.45) is 3.50. The highest BCUT2D eigenvalue weighted by Crippen LogP contribution is 2.23. The highest BCUT2D eigenvalue weighted by Gasteiger charge is 2.17. The molecule has 0 saturated carbocycles. The van der Waals surface area contributed by atoms with Gasteiger partial charge in [-0.1, -0.05) is 17.7 Å². The van der Waals surface area contributed by atoms with Crippen molar-refractivity contribution in [2.75, 3.05) is 17.9 Å². The van der Waals surface area contributed by atoms with Gasteiger partial charge >= 0.3 is 0 Å². The third kappa shape index (κ3) is 6.09. The van der Waals surface area contributed by atoms with Crippen LogP contribution in [-0.2, 0) is 14.8 Å². The van der Waals surface area contributed by atoms with Crippen molar-refractivity contribution in [2.45, 2.75) is 30.8 Å². The van der Waals surface area contributed by atoms with Gasteiger partial charge in [-0.05, 0) is 62.2 Å². The number of ether oxygens (including phenoxy) is 2. The summed E-state index contributed by atoms with van der Waals surface area (Å²) in [5.41, 5.74) is 1.83. The van der Waals surface area contributed by atoms with Crippen molar-refractivity contribution in [3.63, 3.8) is 0 Å². The second-order valence-electron chi connectivity index (χ2n) is 7.78. The molecule has 0 radical (unpaired) electrons. The van der Waals surface area contributed by atoms with Gasteiger partial charge in [0, 0.05) is 31.1 Å². The first kappa shape index (κ1) is 22.8. The zero-order chi connectivity index (χ0) is 23.3. The van der Waals surface area contributed by atoms with Crippen LogP contribution >= 0.6 is 0 Å². The number of hydrogen-bond acceptors (Lipinski definition) is 6. The molecule has 2 heterocycles. The molecule has 1 aliphatic heterocycles. The van der Waals surface area contributed by atoms with E-state index < -0.39 is 10.0 Å². The van der Waals surface area contributed by atoms with Crippen LogP contribution in [0.2, 0.25) is 0 Å². The number of anilines is 1. The number of carbonyl (C=O) groups is 1. The first-order valence-electron chi connectivity index (χ1n) is 10.6. The summed E-state index contributed by atoms with van der Waals surface area (Å²) in [5.74, 6) is 0.588. The Bertz CT molecular complexity index is 1190. The maximum atomic E-state index is 12.5. The highest BCUT2D eigenvalue weighted by molar-refractivity contribution is 7.92. The Labute approximate surface area is 193 Å². The standard InChI is InChI=1S/C24H25N3O5S/c1-17-4-11-22(12-5-17)33(29,30)27-19-7-9-20(10-8-19)32-23-13-6-18(15-25-23)24(28)26-16-21-3-2-14-31-21/h4-13,15,21,27H,2-3,14,16H2,1H3,(H,26,28)/t21-/m0/s1. The number of nitrogens with zero attached hydrogens (tertiary/aromatic N) is 1. The molecule has 9 heteroatoms. The minimum Gasteiger partial charge on any atom is -0.439 e. The van der Waals surface area contributed by atoms with Crippen molar-refractivity contribution in [3.05, 3.63) is 78.0 Å². The van der Waals surface area contributed by atoms with Gasteiger partial charge in [-0.2, -0.15) is 0 Å². The van der Waals surface area contributed by atoms with E-state index in [2.05, 4.69) is 15.0 Å². The van der Waals surface area contributed by atoms with Crippen LogP contribution < -0.4 is 14.8 Å². The lowest BCUT2D eigenvalue weighted by Gasteiger charge is -2.11. The molecule has 1 saturated heterocycles. The van der Waals surface area contributed by atoms with Crippen molar-refractivity contribution in [3.8, 4) is 11.6 Å². The third-order valence-electron chi connectivity index (χ3n) is 5.17. The average molecular weight is 468 g/mol. The molecule has 33 heavy (non-hydrogen) atoms. The number of amides is 1. The van der Waals surface area contributed by atoms with Gasteiger partial charge in [0.05, 0.1) is 16.6 Å². The molecule has 1 amide bonds. The van der Waals surface area contributed by atoms with Gasteiger partial charge in [-0.3, -0.25) is 9.52 Å². The molecule has 172 valence electrons. The Morgan fingerprint density at radius 2 is 1.85 bits per heavy atom. The van der Waals surface area contributed by atoms with Gasteiger partial charge in [-0.25, -0.2) is 13.4 Å². The van der Waals surface area contributed by atoms with Gasteiger partial charge in [0.2, 0.25) is 5.88 Å². The van der Waals surface area contributed by atoms with Crippen LogP contribution in [0, 0.1) is 6.92 Å². The molecule has 0 aliphatic carbocycles. The molecular weight excluding hydrogens is 442 g/mol. The summed E-state index contributed by atoms with van der Waals surface area (Å²) >= 11 is 0. The molecule has 1 atom stereocenters. The minimum absolute atomic E-state index is 0.0776. The maximum absolute atomic E-state index is 12.5. The molecule has 3 aromatic rings. The van der Waals surface area contributed by atoms with Crippen LogP contribution in [0.5, 0.6) is 11.6 Å². The van der Waals surface area contributed by atoms with E-state index in [-0.39, 0.29) is 16.9 Å². The number of hydrogen-bond donors (Lipinski definition) is 2. The summed E-state index contributed by atoms with van der Waals surface area (Å²) in [4.78, 5) is 16.6. The van der Waals surface area contributed by atoms with E-state index in [0.29, 0.717) is 29.4 Å². The number of nitrogens with one attached hydrogen (secondary N) is 2. The number of benzene rings is 2. The minimum atomic E-state index is -3.67. The highest BCUT2D eigenvalue weighted by atomic mass is 32.2. The second-order valence-corrected chi connectivity index (χ2v) is 9.46. The number of sulfonamides is 1. The molecule has 0 bridgehead atoms. The monoisotopic (exact) mass is 467 g/mol. The lowest BCUT2D eigenvalue weighted by molar-refractivity contribution is 0.0857. The van der Waals surface area contributed by atoms with E-state index in [0.717, 1.165) is 25.0 Å². The molecule has 4 rings (SSSR count). The van der Waals surface area contributed by atoms with Crippen molar-refractivity contribution in [1.82, 2.24) is 10.3 Å². The summed E-state index contributed by atoms with van der Waals surface area (Å²) in [6, 6.07) is 16.3. The van der Waals surface area contributed by atoms with E-state index in [4.69, 9.17) is 9.47 Å². The Hall–Kier alpha value is -3.43. The van der Waals surface area contributed by atoms with Crippen LogP contribution in [-0.4, -0.2) is 38.6 Å². The first-order valence-corrected chi connectivity index (χ1v) is 12.1. The van der Waals surface area contributed by atoms with Gasteiger partial charge in [0.1, 0.15) is 5.75 Å². The lowest BCUT2D eigenvalue weighted by atomic mass is 10.2. The fourth-order valence-electron chi connectivity index (χ4n) is 3.33. The quantitative estimate of drug-likeness (QED) is 0.521. The van der Waals surface area contributed by atoms with Crippen LogP contribution in [0.3, 0.4) is 0 Å². The van der Waals surface area contributed by atoms with Gasteiger partial charge < -0.3 is 14.8 Å². The zero-order valence-electron chi connectivity index (χ0n) is 18.2. The summed E-state index contributed by atoms with van der Waals surface area (Å²) in [6.45, 7) is 3.12. The van der Waals surface area contributed by atoms with E-state index in [9.17, 15) is 13.2 Å². The number of rotatable bonds is 8. The Morgan fingerprint density at radius 1 is 1.09 bits per heavy atom. The fourth-order valence-corrected chi connectivity index (χ4v) is 4.39. The summed E-state index contributed by atoms with van der Waals surface area (Å²) < 4.78 is 38.8. The third-order valence-corrected chi connectivity index (χ3v) is 6.57. The predicted octanol–water partition coefficient (Wildman–Crippen LogP) is 3.89. The van der Waals surface area contributed by atoms with Crippen molar-refractivity contribution in [2.24, 2.45) is 0 Å². The number of aryl methyl sites for hydroxylation is 1. The second kappa shape index (κ2) is 10.0. The molecule has 2 N–H and O–H groups in total. The molecule has 1 aliphatic rings. The number of aromatic nitrogens is 1. The first-order chi connectivity index (χ1) is 15.9. The van der Waals surface area contributed by atoms with Gasteiger partial charge in [0.25, 0.3) is 15.9 Å². The van der Waals surface area contributed by atoms with Crippen LogP contribution in [0.1, 0.15) is 28.8 Å². The summed E-state index contributed by atoms with van der Waals surface area (Å²) in [7, 11) is -3.67. The SMILES string of the molecule is Cc1ccc(S(=O)(=O)Nc2ccc(Oc3ccc(C(=O)NC[C@@H]4CCCO4)cn3)cc2)cc1. The van der Waals surface area contributed by atoms with Gasteiger partial charge in [-0.15, -0.1) is 0 Å². The summed E-state index contributed by atoms with van der Waals surface area (Å²) in [5, 5.41) is 2.85. The van der Waals surface area contributed by atoms with Crippen LogP contribution in [0.4, 0.5) is 5.69 Å². The topological polar surface area (TPSA) is 107 Å². The molecule has 2 aromatic carbocycles. The molecule has 0 spiro atoms. The van der Waals surface area contributed by atoms with E-state index in [1.54, 1.807) is 60.7 Å². The van der Waals surface area contributed by atoms with Crippen LogP contribution in [0.15, 0.2) is 71.8 Å². The Balaban J connectivity index is 1.33. The molecule has 8 nitrogen and oxygen atoms in total. The molecular formula is C24H25N3O5S. The van der Waals surface area contributed by atoms with E-state index in [1.807, 2.05) is 6.92 Å². The Morgan fingerprint density at radius 3 is 2.48 bits per heavy atom. The molecule has 1 fully saturated rings. The van der Waals surface area contributed by atoms with Gasteiger partial charge in [0.15, 0.2) is 0 Å². The predicted molar refractivity (Wildman–Crippen MR) is 124 cm³/mol. The van der Waals surface area contributed by atoms with Crippen molar-refractivity contribution >= 4 is 21.6 Å². The maximum Gasteiger partial charge on any atom is 0.261 e. The van der Waals surface area contributed by atoms with E-state index in [1.165, 1.54) is 6.20 Å². The Kier molecular flexibility index (Phi) is 6.90.